The van der Waals surface area contributed by atoms with Crippen molar-refractivity contribution >= 4 is 0 Å². The van der Waals surface area contributed by atoms with Gasteiger partial charge in [0.1, 0.15) is 0 Å². The maximum atomic E-state index is 2.52. The monoisotopic (exact) mass is 433 g/mol. The topological polar surface area (TPSA) is 0 Å². The molecule has 0 fully saturated rings. The van der Waals surface area contributed by atoms with Crippen LogP contribution in [0.5, 0.6) is 0 Å². The van der Waals surface area contributed by atoms with E-state index in [9.17, 15) is 0 Å². The summed E-state index contributed by atoms with van der Waals surface area (Å²) in [4.78, 5) is 0. The summed E-state index contributed by atoms with van der Waals surface area (Å²) in [7, 11) is 2.52. The molecule has 0 saturated carbocycles. The van der Waals surface area contributed by atoms with Gasteiger partial charge < -0.3 is 21.5 Å². The maximum absolute atomic E-state index is 2.52. The number of hydrogen-bond acceptors (Lipinski definition) is 0. The molecule has 0 heterocycles. The summed E-state index contributed by atoms with van der Waals surface area (Å²) < 4.78 is 1.34. The van der Waals surface area contributed by atoms with Crippen molar-refractivity contribution in [3.05, 3.63) is 0 Å². The van der Waals surface area contributed by atoms with Crippen LogP contribution in [0.4, 0.5) is 0 Å². The maximum Gasteiger partial charge on any atom is 0.0784 e. The lowest BCUT2D eigenvalue weighted by molar-refractivity contribution is -0.910. The fourth-order valence-electron chi connectivity index (χ4n) is 4.13. The lowest BCUT2D eigenvalue weighted by Crippen LogP contribution is -3.00. The Bertz CT molecular complexity index is 235. The third kappa shape index (κ3) is 19.2. The van der Waals surface area contributed by atoms with E-state index in [0.717, 1.165) is 0 Å². The minimum absolute atomic E-state index is 0. The molecule has 0 aromatic heterocycles. The van der Waals surface area contributed by atoms with E-state index in [4.69, 9.17) is 0 Å². The van der Waals surface area contributed by atoms with Gasteiger partial charge >= 0.3 is 0 Å². The SMILES string of the molecule is CCCCCCCCCC[N+](C)(CCC)CCCCCCCCCC.[Br-]. The van der Waals surface area contributed by atoms with Gasteiger partial charge in [-0.25, -0.2) is 0 Å². The fourth-order valence-corrected chi connectivity index (χ4v) is 4.13. The lowest BCUT2D eigenvalue weighted by Gasteiger charge is -2.34. The van der Waals surface area contributed by atoms with Gasteiger partial charge in [0.15, 0.2) is 0 Å². The van der Waals surface area contributed by atoms with Crippen LogP contribution < -0.4 is 17.0 Å². The largest absolute Gasteiger partial charge is 1.00 e. The van der Waals surface area contributed by atoms with Gasteiger partial charge in [-0.2, -0.15) is 0 Å². The van der Waals surface area contributed by atoms with E-state index in [2.05, 4.69) is 27.8 Å². The van der Waals surface area contributed by atoms with Gasteiger partial charge in [0.2, 0.25) is 0 Å². The molecule has 0 N–H and O–H groups in total. The van der Waals surface area contributed by atoms with E-state index in [1.807, 2.05) is 0 Å². The summed E-state index contributed by atoms with van der Waals surface area (Å²) in [5.74, 6) is 0. The van der Waals surface area contributed by atoms with Crippen LogP contribution in [-0.2, 0) is 0 Å². The number of halogens is 1. The van der Waals surface area contributed by atoms with Crippen LogP contribution in [0.25, 0.3) is 0 Å². The van der Waals surface area contributed by atoms with Crippen molar-refractivity contribution in [2.75, 3.05) is 26.7 Å². The van der Waals surface area contributed by atoms with Crippen molar-refractivity contribution in [3.63, 3.8) is 0 Å². The normalized spacial score (nSPS) is 11.5. The molecule has 0 radical (unpaired) electrons. The number of quaternary nitrogens is 1. The second kappa shape index (κ2) is 21.7. The molecule has 0 rings (SSSR count). The standard InChI is InChI=1S/C24H52N.BrH/c1-5-8-10-12-14-16-18-20-23-25(4,22-7-3)24-21-19-17-15-13-11-9-6-2;/h5-24H2,1-4H3;1H/q+1;/p-1. The Labute approximate surface area is 178 Å². The van der Waals surface area contributed by atoms with Crippen LogP contribution >= 0.6 is 0 Å². The summed E-state index contributed by atoms with van der Waals surface area (Å²) in [5.41, 5.74) is 0. The molecule has 0 spiro atoms. The molecule has 0 aliphatic rings. The van der Waals surface area contributed by atoms with E-state index in [0.29, 0.717) is 0 Å². The van der Waals surface area contributed by atoms with Crippen molar-refractivity contribution in [2.45, 2.75) is 130 Å². The smallest absolute Gasteiger partial charge is 0.0784 e. The predicted octanol–water partition coefficient (Wildman–Crippen LogP) is 5.13. The minimum atomic E-state index is 0. The summed E-state index contributed by atoms with van der Waals surface area (Å²) >= 11 is 0. The number of unbranched alkanes of at least 4 members (excludes halogenated alkanes) is 14. The van der Waals surface area contributed by atoms with Crippen molar-refractivity contribution in [1.82, 2.24) is 0 Å². The van der Waals surface area contributed by atoms with Gasteiger partial charge in [0.05, 0.1) is 26.7 Å². The Morgan fingerprint density at radius 2 is 0.692 bits per heavy atom. The molecule has 0 aliphatic carbocycles. The molecule has 0 unspecified atom stereocenters. The lowest BCUT2D eigenvalue weighted by atomic mass is 10.1. The van der Waals surface area contributed by atoms with Crippen LogP contribution in [0.1, 0.15) is 130 Å². The van der Waals surface area contributed by atoms with Crippen molar-refractivity contribution in [1.29, 1.82) is 0 Å². The zero-order valence-corrected chi connectivity index (χ0v) is 20.6. The first-order valence-corrected chi connectivity index (χ1v) is 12.0. The first kappa shape index (κ1) is 28.6. The number of hydrogen-bond donors (Lipinski definition) is 0. The molecule has 1 nitrogen and oxygen atoms in total. The van der Waals surface area contributed by atoms with Gasteiger partial charge in [-0.3, -0.25) is 0 Å². The predicted molar refractivity (Wildman–Crippen MR) is 116 cm³/mol. The molecule has 0 bridgehead atoms. The number of nitrogens with zero attached hydrogens (tertiary/aromatic N) is 1. The van der Waals surface area contributed by atoms with Crippen LogP contribution in [0.2, 0.25) is 0 Å². The minimum Gasteiger partial charge on any atom is -1.00 e. The Balaban J connectivity index is 0. The van der Waals surface area contributed by atoms with Crippen molar-refractivity contribution in [2.24, 2.45) is 0 Å². The highest BCUT2D eigenvalue weighted by Gasteiger charge is 2.19. The van der Waals surface area contributed by atoms with E-state index < -0.39 is 0 Å². The van der Waals surface area contributed by atoms with E-state index >= 15 is 0 Å². The first-order chi connectivity index (χ1) is 12.2. The molecule has 0 amide bonds. The molecule has 0 atom stereocenters. The average Bonchev–Trinajstić information content (AvgIpc) is 2.60. The molecule has 0 aliphatic heterocycles. The summed E-state index contributed by atoms with van der Waals surface area (Å²) in [6, 6.07) is 0. The second-order valence-corrected chi connectivity index (χ2v) is 8.74. The van der Waals surface area contributed by atoms with Gasteiger partial charge in [-0.05, 0) is 32.1 Å². The van der Waals surface area contributed by atoms with Gasteiger partial charge in [0, 0.05) is 0 Å². The molecule has 26 heavy (non-hydrogen) atoms. The zero-order chi connectivity index (χ0) is 18.6. The molecule has 2 heteroatoms. The van der Waals surface area contributed by atoms with Crippen LogP contribution in [0.3, 0.4) is 0 Å². The summed E-state index contributed by atoms with van der Waals surface area (Å²) in [6.45, 7) is 11.2. The van der Waals surface area contributed by atoms with Gasteiger partial charge in [-0.15, -0.1) is 0 Å². The van der Waals surface area contributed by atoms with Gasteiger partial charge in [0.25, 0.3) is 0 Å². The Hall–Kier alpha value is 0.440. The van der Waals surface area contributed by atoms with Crippen LogP contribution in [0, 0.1) is 0 Å². The average molecular weight is 435 g/mol. The second-order valence-electron chi connectivity index (χ2n) is 8.74. The molecule has 0 saturated heterocycles. The third-order valence-electron chi connectivity index (χ3n) is 5.87. The Morgan fingerprint density at radius 1 is 0.385 bits per heavy atom. The molecule has 0 aromatic rings. The third-order valence-corrected chi connectivity index (χ3v) is 5.87. The molecular formula is C24H52BrN. The first-order valence-electron chi connectivity index (χ1n) is 12.0. The van der Waals surface area contributed by atoms with Crippen LogP contribution in [0.15, 0.2) is 0 Å². The highest BCUT2D eigenvalue weighted by molar-refractivity contribution is 4.50. The summed E-state index contributed by atoms with van der Waals surface area (Å²) in [5, 5.41) is 0. The molecule has 0 aromatic carbocycles. The summed E-state index contributed by atoms with van der Waals surface area (Å²) in [6.07, 6.45) is 24.5. The van der Waals surface area contributed by atoms with Crippen LogP contribution in [-0.4, -0.2) is 31.2 Å². The number of rotatable bonds is 20. The Kier molecular flexibility index (Phi) is 24.0. The van der Waals surface area contributed by atoms with E-state index in [1.54, 1.807) is 0 Å². The zero-order valence-electron chi connectivity index (χ0n) is 19.0. The van der Waals surface area contributed by atoms with Crippen molar-refractivity contribution in [3.8, 4) is 0 Å². The Morgan fingerprint density at radius 3 is 1.00 bits per heavy atom. The van der Waals surface area contributed by atoms with Crippen molar-refractivity contribution < 1.29 is 21.5 Å². The molecule has 160 valence electrons. The highest BCUT2D eigenvalue weighted by atomic mass is 79.9. The van der Waals surface area contributed by atoms with Gasteiger partial charge in [-0.1, -0.05) is 97.8 Å². The quantitative estimate of drug-likeness (QED) is 0.184. The molecular weight excluding hydrogens is 382 g/mol. The highest BCUT2D eigenvalue weighted by Crippen LogP contribution is 2.15. The van der Waals surface area contributed by atoms with E-state index in [-0.39, 0.29) is 17.0 Å². The van der Waals surface area contributed by atoms with E-state index in [1.165, 1.54) is 133 Å². The fraction of sp³-hybridized carbons (Fsp3) is 1.00.